The molecule has 2 heteroatoms. The molecule has 0 saturated carbocycles. The third-order valence-electron chi connectivity index (χ3n) is 3.98. The Labute approximate surface area is 125 Å². The summed E-state index contributed by atoms with van der Waals surface area (Å²) >= 11 is 2.06. The number of hydrogen-bond donors (Lipinski definition) is 1. The van der Waals surface area contributed by atoms with Crippen LogP contribution in [-0.4, -0.2) is 18.8 Å². The van der Waals surface area contributed by atoms with Crippen molar-refractivity contribution in [2.75, 3.05) is 13.6 Å². The summed E-state index contributed by atoms with van der Waals surface area (Å²) in [5, 5.41) is 4.07. The van der Waals surface area contributed by atoms with E-state index in [-0.39, 0.29) is 0 Å². The maximum atomic E-state index is 3.35. The Morgan fingerprint density at radius 1 is 1.10 bits per heavy atom. The monoisotopic (exact) mass is 283 g/mol. The molecule has 2 aromatic rings. The number of rotatable bonds is 5. The molecule has 104 valence electrons. The summed E-state index contributed by atoms with van der Waals surface area (Å²) in [4.78, 5) is 1.48. The van der Waals surface area contributed by atoms with Crippen LogP contribution in [0.15, 0.2) is 59.5 Å². The van der Waals surface area contributed by atoms with E-state index in [1.807, 2.05) is 7.05 Å². The van der Waals surface area contributed by atoms with Gasteiger partial charge < -0.3 is 5.32 Å². The highest BCUT2D eigenvalue weighted by Gasteiger charge is 2.25. The van der Waals surface area contributed by atoms with Crippen LogP contribution in [0.4, 0.5) is 0 Å². The molecule has 3 rings (SSSR count). The van der Waals surface area contributed by atoms with Crippen molar-refractivity contribution in [1.29, 1.82) is 0 Å². The summed E-state index contributed by atoms with van der Waals surface area (Å²) in [5.74, 6) is 0.605. The van der Waals surface area contributed by atoms with Crippen LogP contribution in [0.3, 0.4) is 0 Å². The Balaban J connectivity index is 1.70. The van der Waals surface area contributed by atoms with Gasteiger partial charge in [0.05, 0.1) is 0 Å². The van der Waals surface area contributed by atoms with Gasteiger partial charge in [0.2, 0.25) is 0 Å². The Hall–Kier alpha value is -1.25. The normalized spacial score (nSPS) is 18.8. The van der Waals surface area contributed by atoms with Crippen molar-refractivity contribution in [1.82, 2.24) is 5.32 Å². The number of likely N-dealkylation sites (N-methyl/N-ethyl adjacent to an activating group) is 1. The van der Waals surface area contributed by atoms with Crippen molar-refractivity contribution in [3.8, 4) is 0 Å². The molecule has 1 aliphatic heterocycles. The van der Waals surface area contributed by atoms with Crippen LogP contribution >= 0.6 is 11.8 Å². The number of fused-ring (bicyclic) bond motifs is 1. The zero-order valence-corrected chi connectivity index (χ0v) is 12.7. The predicted octanol–water partition coefficient (Wildman–Crippen LogP) is 4.10. The number of thioether (sulfide) groups is 1. The van der Waals surface area contributed by atoms with Gasteiger partial charge in [-0.2, -0.15) is 0 Å². The summed E-state index contributed by atoms with van der Waals surface area (Å²) in [6, 6.07) is 19.8. The lowest BCUT2D eigenvalue weighted by Crippen LogP contribution is -2.20. The fraction of sp³-hybridized carbons (Fsp3) is 0.333. The molecule has 1 heterocycles. The third-order valence-corrected chi connectivity index (χ3v) is 5.33. The van der Waals surface area contributed by atoms with Crippen molar-refractivity contribution < 1.29 is 0 Å². The number of nitrogens with one attached hydrogen (secondary N) is 1. The van der Waals surface area contributed by atoms with Crippen LogP contribution in [-0.2, 0) is 6.42 Å². The molecular formula is C18H21NS. The third kappa shape index (κ3) is 3.08. The van der Waals surface area contributed by atoms with E-state index in [4.69, 9.17) is 0 Å². The fourth-order valence-electron chi connectivity index (χ4n) is 3.01. The minimum absolute atomic E-state index is 0.605. The van der Waals surface area contributed by atoms with Crippen molar-refractivity contribution in [2.45, 2.75) is 28.9 Å². The second-order valence-electron chi connectivity index (χ2n) is 5.45. The zero-order chi connectivity index (χ0) is 13.8. The van der Waals surface area contributed by atoms with Gasteiger partial charge in [0.25, 0.3) is 0 Å². The van der Waals surface area contributed by atoms with Gasteiger partial charge in [-0.3, -0.25) is 0 Å². The van der Waals surface area contributed by atoms with Gasteiger partial charge in [-0.1, -0.05) is 48.5 Å². The van der Waals surface area contributed by atoms with E-state index in [1.165, 1.54) is 28.9 Å². The van der Waals surface area contributed by atoms with E-state index in [2.05, 4.69) is 71.7 Å². The Morgan fingerprint density at radius 3 is 2.60 bits per heavy atom. The van der Waals surface area contributed by atoms with Crippen LogP contribution in [0.1, 0.15) is 23.5 Å². The first-order chi connectivity index (χ1) is 9.86. The second-order valence-corrected chi connectivity index (χ2v) is 6.79. The van der Waals surface area contributed by atoms with Gasteiger partial charge >= 0.3 is 0 Å². The molecule has 0 aromatic heterocycles. The smallest absolute Gasteiger partial charge is 0.0142 e. The molecule has 0 fully saturated rings. The summed E-state index contributed by atoms with van der Waals surface area (Å²) < 4.78 is 0. The van der Waals surface area contributed by atoms with E-state index in [0.717, 1.165) is 6.54 Å². The average Bonchev–Trinajstić information content (AvgIpc) is 2.90. The van der Waals surface area contributed by atoms with Gasteiger partial charge in [-0.05, 0) is 43.0 Å². The first kappa shape index (κ1) is 13.7. The van der Waals surface area contributed by atoms with E-state index in [9.17, 15) is 0 Å². The maximum Gasteiger partial charge on any atom is 0.0142 e. The van der Waals surface area contributed by atoms with E-state index in [1.54, 1.807) is 0 Å². The lowest BCUT2D eigenvalue weighted by Gasteiger charge is -2.20. The molecule has 2 unspecified atom stereocenters. The lowest BCUT2D eigenvalue weighted by atomic mass is 9.92. The van der Waals surface area contributed by atoms with Crippen LogP contribution in [0.25, 0.3) is 0 Å². The molecule has 20 heavy (non-hydrogen) atoms. The second kappa shape index (κ2) is 6.47. The maximum absolute atomic E-state index is 3.35. The summed E-state index contributed by atoms with van der Waals surface area (Å²) in [7, 11) is 2.05. The van der Waals surface area contributed by atoms with Crippen molar-refractivity contribution in [3.63, 3.8) is 0 Å². The minimum atomic E-state index is 0.605. The molecule has 1 N–H and O–H groups in total. The first-order valence-electron chi connectivity index (χ1n) is 7.31. The van der Waals surface area contributed by atoms with Crippen LogP contribution in [0.2, 0.25) is 0 Å². The molecule has 0 spiro atoms. The molecule has 1 nitrogen and oxygen atoms in total. The first-order valence-corrected chi connectivity index (χ1v) is 8.19. The van der Waals surface area contributed by atoms with Crippen molar-refractivity contribution in [3.05, 3.63) is 65.7 Å². The zero-order valence-electron chi connectivity index (χ0n) is 11.9. The molecule has 2 atom stereocenters. The van der Waals surface area contributed by atoms with Gasteiger partial charge in [-0.15, -0.1) is 11.8 Å². The summed E-state index contributed by atoms with van der Waals surface area (Å²) in [6.45, 7) is 1.05. The van der Waals surface area contributed by atoms with Crippen molar-refractivity contribution in [2.24, 2.45) is 0 Å². The highest BCUT2D eigenvalue weighted by molar-refractivity contribution is 8.00. The molecule has 0 radical (unpaired) electrons. The van der Waals surface area contributed by atoms with Crippen LogP contribution in [0, 0.1) is 0 Å². The standard InChI is InChI=1S/C18H21NS/c1-19-13-16(14-7-3-2-4-8-14)12-17-11-15-9-5-6-10-18(15)20-17/h2-10,16-17,19H,11-13H2,1H3. The predicted molar refractivity (Wildman–Crippen MR) is 87.5 cm³/mol. The minimum Gasteiger partial charge on any atom is -0.319 e. The Morgan fingerprint density at radius 2 is 1.85 bits per heavy atom. The van der Waals surface area contributed by atoms with E-state index in [0.29, 0.717) is 11.2 Å². The highest BCUT2D eigenvalue weighted by atomic mass is 32.2. The summed E-state index contributed by atoms with van der Waals surface area (Å²) in [5.41, 5.74) is 2.98. The lowest BCUT2D eigenvalue weighted by molar-refractivity contribution is 0.571. The largest absolute Gasteiger partial charge is 0.319 e. The number of benzene rings is 2. The number of hydrogen-bond acceptors (Lipinski definition) is 2. The topological polar surface area (TPSA) is 12.0 Å². The van der Waals surface area contributed by atoms with Crippen LogP contribution in [0.5, 0.6) is 0 Å². The van der Waals surface area contributed by atoms with Crippen LogP contribution < -0.4 is 5.32 Å². The highest BCUT2D eigenvalue weighted by Crippen LogP contribution is 2.40. The average molecular weight is 283 g/mol. The van der Waals surface area contributed by atoms with Gasteiger partial charge in [0, 0.05) is 16.7 Å². The fourth-order valence-corrected chi connectivity index (χ4v) is 4.42. The van der Waals surface area contributed by atoms with Crippen molar-refractivity contribution >= 4 is 11.8 Å². The van der Waals surface area contributed by atoms with Gasteiger partial charge in [0.15, 0.2) is 0 Å². The van der Waals surface area contributed by atoms with E-state index >= 15 is 0 Å². The quantitative estimate of drug-likeness (QED) is 0.886. The Bertz CT molecular complexity index is 527. The van der Waals surface area contributed by atoms with E-state index < -0.39 is 0 Å². The molecule has 0 bridgehead atoms. The molecule has 0 saturated heterocycles. The molecule has 0 amide bonds. The van der Waals surface area contributed by atoms with Gasteiger partial charge in [-0.25, -0.2) is 0 Å². The molecule has 1 aliphatic rings. The SMILES string of the molecule is CNCC(CC1Cc2ccccc2S1)c1ccccc1. The Kier molecular flexibility index (Phi) is 4.44. The molecule has 0 aliphatic carbocycles. The molecule has 2 aromatic carbocycles. The molecular weight excluding hydrogens is 262 g/mol. The summed E-state index contributed by atoms with van der Waals surface area (Å²) in [6.07, 6.45) is 2.46. The van der Waals surface area contributed by atoms with Gasteiger partial charge in [0.1, 0.15) is 0 Å².